The molecule has 0 aromatic heterocycles. The van der Waals surface area contributed by atoms with Crippen molar-refractivity contribution < 1.29 is 14.3 Å². The lowest BCUT2D eigenvalue weighted by Crippen LogP contribution is -2.42. The first-order chi connectivity index (χ1) is 10.2. The van der Waals surface area contributed by atoms with Gasteiger partial charge in [0.1, 0.15) is 5.75 Å². The summed E-state index contributed by atoms with van der Waals surface area (Å²) < 4.78 is 5.38. The molecule has 0 bridgehead atoms. The summed E-state index contributed by atoms with van der Waals surface area (Å²) >= 11 is 0. The molecule has 0 saturated carbocycles. The first-order valence-corrected chi connectivity index (χ1v) is 7.26. The highest BCUT2D eigenvalue weighted by molar-refractivity contribution is 5.98. The van der Waals surface area contributed by atoms with Crippen LogP contribution in [0.5, 0.6) is 5.75 Å². The Kier molecular flexibility index (Phi) is 4.06. The Morgan fingerprint density at radius 2 is 2.29 bits per heavy atom. The van der Waals surface area contributed by atoms with Gasteiger partial charge in [0.05, 0.1) is 5.69 Å². The van der Waals surface area contributed by atoms with Crippen molar-refractivity contribution in [2.45, 2.75) is 18.9 Å². The topological polar surface area (TPSA) is 70.7 Å². The van der Waals surface area contributed by atoms with Crippen LogP contribution >= 0.6 is 0 Å². The lowest BCUT2D eigenvalue weighted by molar-refractivity contribution is -0.122. The van der Waals surface area contributed by atoms with E-state index in [2.05, 4.69) is 10.6 Å². The molecule has 1 fully saturated rings. The fourth-order valence-corrected chi connectivity index (χ4v) is 2.69. The van der Waals surface area contributed by atoms with Gasteiger partial charge in [-0.2, -0.15) is 0 Å². The maximum Gasteiger partial charge on any atom is 0.265 e. The Balaban J connectivity index is 1.59. The third-order valence-corrected chi connectivity index (χ3v) is 3.80. The highest BCUT2D eigenvalue weighted by Gasteiger charge is 2.25. The Hall–Kier alpha value is -2.08. The van der Waals surface area contributed by atoms with Crippen molar-refractivity contribution in [3.8, 4) is 5.75 Å². The van der Waals surface area contributed by atoms with Crippen LogP contribution in [0.15, 0.2) is 24.3 Å². The van der Waals surface area contributed by atoms with Gasteiger partial charge < -0.3 is 20.3 Å². The van der Waals surface area contributed by atoms with Gasteiger partial charge in [0.15, 0.2) is 6.61 Å². The second-order valence-corrected chi connectivity index (χ2v) is 5.31. The zero-order chi connectivity index (χ0) is 14.7. The molecule has 2 aliphatic heterocycles. The van der Waals surface area contributed by atoms with Crippen LogP contribution < -0.4 is 20.3 Å². The van der Waals surface area contributed by atoms with Crippen molar-refractivity contribution in [2.75, 3.05) is 31.1 Å². The number of anilines is 1. The molecule has 112 valence electrons. The molecule has 6 nitrogen and oxygen atoms in total. The van der Waals surface area contributed by atoms with Crippen LogP contribution in [0.25, 0.3) is 0 Å². The van der Waals surface area contributed by atoms with E-state index in [0.29, 0.717) is 18.7 Å². The first kappa shape index (κ1) is 13.9. The number of rotatable bonds is 4. The molecular formula is C15H19N3O3. The predicted molar refractivity (Wildman–Crippen MR) is 78.3 cm³/mol. The van der Waals surface area contributed by atoms with Crippen molar-refractivity contribution in [2.24, 2.45) is 0 Å². The fraction of sp³-hybridized carbons (Fsp3) is 0.467. The van der Waals surface area contributed by atoms with Crippen LogP contribution in [0.1, 0.15) is 12.8 Å². The lowest BCUT2D eigenvalue weighted by atomic mass is 10.2. The number of fused-ring (bicyclic) bond motifs is 1. The molecule has 21 heavy (non-hydrogen) atoms. The fourth-order valence-electron chi connectivity index (χ4n) is 2.69. The second kappa shape index (κ2) is 6.13. The Morgan fingerprint density at radius 3 is 3.10 bits per heavy atom. The van der Waals surface area contributed by atoms with Crippen LogP contribution in [0.4, 0.5) is 5.69 Å². The molecule has 2 amide bonds. The number of carbonyl (C=O) groups excluding carboxylic acids is 2. The van der Waals surface area contributed by atoms with Gasteiger partial charge in [-0.1, -0.05) is 12.1 Å². The van der Waals surface area contributed by atoms with E-state index in [1.807, 2.05) is 24.3 Å². The van der Waals surface area contributed by atoms with E-state index >= 15 is 0 Å². The molecule has 1 saturated heterocycles. The number of ether oxygens (including phenoxy) is 1. The van der Waals surface area contributed by atoms with Gasteiger partial charge in [0.25, 0.3) is 5.91 Å². The van der Waals surface area contributed by atoms with Crippen LogP contribution in [-0.4, -0.2) is 44.1 Å². The van der Waals surface area contributed by atoms with Gasteiger partial charge in [0, 0.05) is 25.6 Å². The number of nitrogens with one attached hydrogen (secondary N) is 2. The standard InChI is InChI=1S/C15H19N3O3/c19-14(17-11-5-7-16-9-11)6-8-18-12-3-1-2-4-13(12)21-10-15(18)20/h1-4,11,16H,5-10H2,(H,17,19). The van der Waals surface area contributed by atoms with E-state index in [-0.39, 0.29) is 24.5 Å². The van der Waals surface area contributed by atoms with E-state index in [1.54, 1.807) is 4.90 Å². The minimum Gasteiger partial charge on any atom is -0.482 e. The van der Waals surface area contributed by atoms with E-state index in [0.717, 1.165) is 25.2 Å². The predicted octanol–water partition coefficient (Wildman–Crippen LogP) is 0.280. The summed E-state index contributed by atoms with van der Waals surface area (Å²) in [6.07, 6.45) is 1.27. The van der Waals surface area contributed by atoms with Crippen molar-refractivity contribution >= 4 is 17.5 Å². The number of benzene rings is 1. The molecule has 1 aromatic carbocycles. The van der Waals surface area contributed by atoms with Gasteiger partial charge >= 0.3 is 0 Å². The number of hydrogen-bond donors (Lipinski definition) is 2. The van der Waals surface area contributed by atoms with Gasteiger partial charge in [-0.25, -0.2) is 0 Å². The van der Waals surface area contributed by atoms with Gasteiger partial charge in [-0.15, -0.1) is 0 Å². The van der Waals surface area contributed by atoms with Crippen LogP contribution in [0.3, 0.4) is 0 Å². The first-order valence-electron chi connectivity index (χ1n) is 7.26. The maximum absolute atomic E-state index is 12.0. The summed E-state index contributed by atoms with van der Waals surface area (Å²) in [5.74, 6) is 0.571. The molecule has 0 aliphatic carbocycles. The molecule has 1 unspecified atom stereocenters. The molecule has 2 N–H and O–H groups in total. The number of carbonyl (C=O) groups is 2. The van der Waals surface area contributed by atoms with Crippen LogP contribution in [0, 0.1) is 0 Å². The molecule has 6 heteroatoms. The van der Waals surface area contributed by atoms with E-state index in [1.165, 1.54) is 0 Å². The average Bonchev–Trinajstić information content (AvgIpc) is 2.99. The summed E-state index contributed by atoms with van der Waals surface area (Å²) in [5, 5.41) is 6.19. The Morgan fingerprint density at radius 1 is 1.43 bits per heavy atom. The summed E-state index contributed by atoms with van der Waals surface area (Å²) in [7, 11) is 0. The molecule has 0 spiro atoms. The second-order valence-electron chi connectivity index (χ2n) is 5.31. The normalized spacial score (nSPS) is 20.9. The zero-order valence-electron chi connectivity index (χ0n) is 11.8. The minimum absolute atomic E-state index is 0.0135. The summed E-state index contributed by atoms with van der Waals surface area (Å²) in [6, 6.07) is 7.61. The lowest BCUT2D eigenvalue weighted by Gasteiger charge is -2.29. The summed E-state index contributed by atoms with van der Waals surface area (Å²) in [5.41, 5.74) is 0.740. The third kappa shape index (κ3) is 3.16. The van der Waals surface area contributed by atoms with E-state index < -0.39 is 0 Å². The van der Waals surface area contributed by atoms with Gasteiger partial charge in [-0.3, -0.25) is 9.59 Å². The molecule has 0 radical (unpaired) electrons. The molecular weight excluding hydrogens is 270 g/mol. The van der Waals surface area contributed by atoms with Crippen molar-refractivity contribution in [3.63, 3.8) is 0 Å². The smallest absolute Gasteiger partial charge is 0.265 e. The summed E-state index contributed by atoms with van der Waals surface area (Å²) in [4.78, 5) is 25.6. The van der Waals surface area contributed by atoms with Crippen molar-refractivity contribution in [1.82, 2.24) is 10.6 Å². The minimum atomic E-state index is -0.107. The highest BCUT2D eigenvalue weighted by Crippen LogP contribution is 2.31. The van der Waals surface area contributed by atoms with Crippen molar-refractivity contribution in [1.29, 1.82) is 0 Å². The molecule has 1 atom stereocenters. The monoisotopic (exact) mass is 289 g/mol. The van der Waals surface area contributed by atoms with Crippen LogP contribution in [-0.2, 0) is 9.59 Å². The quantitative estimate of drug-likeness (QED) is 0.835. The third-order valence-electron chi connectivity index (χ3n) is 3.80. The molecule has 2 heterocycles. The highest BCUT2D eigenvalue weighted by atomic mass is 16.5. The number of nitrogens with zero attached hydrogens (tertiary/aromatic N) is 1. The van der Waals surface area contributed by atoms with Gasteiger partial charge in [0.2, 0.25) is 5.91 Å². The van der Waals surface area contributed by atoms with Crippen LogP contribution in [0.2, 0.25) is 0 Å². The molecule has 2 aliphatic rings. The summed E-state index contributed by atoms with van der Waals surface area (Å²) in [6.45, 7) is 2.18. The molecule has 3 rings (SSSR count). The molecule has 1 aromatic rings. The number of hydrogen-bond acceptors (Lipinski definition) is 4. The van der Waals surface area contributed by atoms with E-state index in [4.69, 9.17) is 4.74 Å². The van der Waals surface area contributed by atoms with Crippen molar-refractivity contribution in [3.05, 3.63) is 24.3 Å². The SMILES string of the molecule is O=C(CCN1C(=O)COc2ccccc21)NC1CCNC1. The number of para-hydroxylation sites is 2. The Labute approximate surface area is 123 Å². The number of amides is 2. The largest absolute Gasteiger partial charge is 0.482 e. The Bertz CT molecular complexity index is 541. The van der Waals surface area contributed by atoms with Gasteiger partial charge in [-0.05, 0) is 25.1 Å². The average molecular weight is 289 g/mol. The zero-order valence-corrected chi connectivity index (χ0v) is 11.8. The maximum atomic E-state index is 12.0. The van der Waals surface area contributed by atoms with E-state index in [9.17, 15) is 9.59 Å².